The number of rotatable bonds is 0. The fourth-order valence-corrected chi connectivity index (χ4v) is 5.32. The molecule has 2 spiro atoms. The van der Waals surface area contributed by atoms with Crippen molar-refractivity contribution in [1.82, 2.24) is 14.8 Å². The molecule has 1 aromatic heterocycles. The van der Waals surface area contributed by atoms with Crippen LogP contribution in [0, 0.1) is 12.3 Å². The third-order valence-corrected chi connectivity index (χ3v) is 6.75. The number of ether oxygens (including phenoxy) is 1. The molecule has 1 N–H and O–H groups in total. The van der Waals surface area contributed by atoms with E-state index in [0.29, 0.717) is 36.1 Å². The van der Waals surface area contributed by atoms with Gasteiger partial charge in [0.2, 0.25) is 0 Å². The van der Waals surface area contributed by atoms with Crippen molar-refractivity contribution >= 4 is 27.9 Å². The molecule has 4 rings (SSSR count). The monoisotopic (exact) mass is 451 g/mol. The number of nitrogens with one attached hydrogen (secondary N) is 1. The number of halogens is 1. The number of likely N-dealkylation sites (tertiary alicyclic amines) is 1. The van der Waals surface area contributed by atoms with E-state index in [-0.39, 0.29) is 23.0 Å². The Kier molecular flexibility index (Phi) is 4.23. The first-order chi connectivity index (χ1) is 13.0. The number of aromatic nitrogens is 1. The summed E-state index contributed by atoms with van der Waals surface area (Å²) in [7, 11) is 0. The Labute approximate surface area is 172 Å². The average molecular weight is 452 g/mol. The zero-order valence-corrected chi connectivity index (χ0v) is 18.3. The highest BCUT2D eigenvalue weighted by atomic mass is 79.9. The molecule has 1 saturated heterocycles. The predicted octanol–water partition coefficient (Wildman–Crippen LogP) is 3.13. The molecule has 1 aliphatic carbocycles. The van der Waals surface area contributed by atoms with Crippen LogP contribution in [0.4, 0.5) is 4.79 Å². The van der Waals surface area contributed by atoms with E-state index in [4.69, 9.17) is 4.74 Å². The van der Waals surface area contributed by atoms with Crippen LogP contribution in [0.1, 0.15) is 62.5 Å². The van der Waals surface area contributed by atoms with Gasteiger partial charge in [0.1, 0.15) is 17.0 Å². The first-order valence-corrected chi connectivity index (χ1v) is 10.5. The van der Waals surface area contributed by atoms with Crippen LogP contribution in [0.3, 0.4) is 0 Å². The van der Waals surface area contributed by atoms with Crippen molar-refractivity contribution in [3.63, 3.8) is 0 Å². The second-order valence-electron chi connectivity index (χ2n) is 9.49. The van der Waals surface area contributed by atoms with Crippen molar-refractivity contribution in [2.75, 3.05) is 13.1 Å². The van der Waals surface area contributed by atoms with Gasteiger partial charge in [0.15, 0.2) is 0 Å². The van der Waals surface area contributed by atoms with Gasteiger partial charge >= 0.3 is 6.09 Å². The van der Waals surface area contributed by atoms with Crippen LogP contribution in [0.2, 0.25) is 0 Å². The molecule has 28 heavy (non-hydrogen) atoms. The second-order valence-corrected chi connectivity index (χ2v) is 10.3. The van der Waals surface area contributed by atoms with Crippen LogP contribution in [0.15, 0.2) is 15.3 Å². The second kappa shape index (κ2) is 6.08. The lowest BCUT2D eigenvalue weighted by Gasteiger charge is -2.55. The lowest BCUT2D eigenvalue weighted by Crippen LogP contribution is -2.63. The molecule has 0 radical (unpaired) electrons. The highest BCUT2D eigenvalue weighted by molar-refractivity contribution is 9.10. The Bertz CT molecular complexity index is 915. The molecule has 1 saturated carbocycles. The standard InChI is InChI=1S/C20H26BrN3O4/c1-12-9-13(21)16(26)24-14(12)15(25)22-20(24)7-5-19(6-8-20)10-23(11-19)17(27)28-18(2,3)4/h9H,5-8,10-11H2,1-4H3,(H,22,25). The zero-order valence-electron chi connectivity index (χ0n) is 16.7. The molecule has 152 valence electrons. The van der Waals surface area contributed by atoms with E-state index >= 15 is 0 Å². The zero-order chi connectivity index (χ0) is 20.5. The number of pyridine rings is 1. The van der Waals surface area contributed by atoms with Gasteiger partial charge in [-0.25, -0.2) is 4.79 Å². The van der Waals surface area contributed by atoms with Gasteiger partial charge in [-0.1, -0.05) is 0 Å². The molecular weight excluding hydrogens is 426 g/mol. The van der Waals surface area contributed by atoms with E-state index in [1.807, 2.05) is 27.7 Å². The van der Waals surface area contributed by atoms with Gasteiger partial charge in [-0.3, -0.25) is 14.2 Å². The van der Waals surface area contributed by atoms with Gasteiger partial charge in [0.05, 0.1) is 4.47 Å². The SMILES string of the molecule is Cc1cc(Br)c(=O)n2c1C(=O)NC21CCC2(CC1)CN(C(=O)OC(C)(C)C)C2. The smallest absolute Gasteiger partial charge is 0.410 e. The van der Waals surface area contributed by atoms with Gasteiger partial charge in [0.25, 0.3) is 11.5 Å². The van der Waals surface area contributed by atoms with Gasteiger partial charge in [0, 0.05) is 18.5 Å². The van der Waals surface area contributed by atoms with Crippen molar-refractivity contribution in [3.8, 4) is 0 Å². The number of amides is 2. The molecule has 2 amide bonds. The van der Waals surface area contributed by atoms with Crippen LogP contribution in [0.25, 0.3) is 0 Å². The Morgan fingerprint density at radius 3 is 2.36 bits per heavy atom. The third kappa shape index (κ3) is 2.96. The molecule has 3 heterocycles. The Morgan fingerprint density at radius 2 is 1.79 bits per heavy atom. The minimum absolute atomic E-state index is 0.0559. The topological polar surface area (TPSA) is 80.6 Å². The van der Waals surface area contributed by atoms with Gasteiger partial charge < -0.3 is 15.0 Å². The van der Waals surface area contributed by atoms with Crippen LogP contribution < -0.4 is 10.9 Å². The van der Waals surface area contributed by atoms with Gasteiger partial charge in [-0.05, 0) is 80.9 Å². The van der Waals surface area contributed by atoms with E-state index in [2.05, 4.69) is 21.2 Å². The van der Waals surface area contributed by atoms with Crippen LogP contribution in [0.5, 0.6) is 0 Å². The van der Waals surface area contributed by atoms with Crippen molar-refractivity contribution in [2.24, 2.45) is 5.41 Å². The summed E-state index contributed by atoms with van der Waals surface area (Å²) in [6.45, 7) is 8.79. The molecule has 2 fully saturated rings. The minimum atomic E-state index is -0.657. The normalized spacial score (nSPS) is 22.0. The molecule has 1 aromatic rings. The average Bonchev–Trinajstić information content (AvgIpc) is 2.83. The number of hydrogen-bond donors (Lipinski definition) is 1. The number of fused-ring (bicyclic) bond motifs is 2. The Morgan fingerprint density at radius 1 is 1.18 bits per heavy atom. The maximum Gasteiger partial charge on any atom is 0.410 e. The summed E-state index contributed by atoms with van der Waals surface area (Å²) in [6, 6.07) is 1.71. The first-order valence-electron chi connectivity index (χ1n) is 9.69. The maximum atomic E-state index is 12.8. The molecule has 0 bridgehead atoms. The molecule has 0 unspecified atom stereocenters. The quantitative estimate of drug-likeness (QED) is 0.656. The number of carbonyl (C=O) groups excluding carboxylic acids is 2. The van der Waals surface area contributed by atoms with Crippen LogP contribution >= 0.6 is 15.9 Å². The third-order valence-electron chi connectivity index (χ3n) is 6.18. The number of hydrogen-bond acceptors (Lipinski definition) is 4. The fourth-order valence-electron chi connectivity index (χ4n) is 4.80. The van der Waals surface area contributed by atoms with Crippen LogP contribution in [-0.2, 0) is 10.4 Å². The van der Waals surface area contributed by atoms with Gasteiger partial charge in [-0.15, -0.1) is 0 Å². The van der Waals surface area contributed by atoms with E-state index in [1.165, 1.54) is 0 Å². The molecule has 0 atom stereocenters. The summed E-state index contributed by atoms with van der Waals surface area (Å²) >= 11 is 3.33. The van der Waals surface area contributed by atoms with E-state index in [1.54, 1.807) is 15.5 Å². The summed E-state index contributed by atoms with van der Waals surface area (Å²) in [6.07, 6.45) is 2.80. The van der Waals surface area contributed by atoms with Crippen LogP contribution in [-0.4, -0.2) is 40.2 Å². The van der Waals surface area contributed by atoms with Crippen molar-refractivity contribution in [2.45, 2.75) is 64.6 Å². The summed E-state index contributed by atoms with van der Waals surface area (Å²) in [5.41, 5.74) is -0.00989. The lowest BCUT2D eigenvalue weighted by molar-refractivity contribution is -0.0658. The van der Waals surface area contributed by atoms with Crippen molar-refractivity contribution in [1.29, 1.82) is 0 Å². The fraction of sp³-hybridized carbons (Fsp3) is 0.650. The largest absolute Gasteiger partial charge is 0.444 e. The summed E-state index contributed by atoms with van der Waals surface area (Å²) in [4.78, 5) is 39.4. The van der Waals surface area contributed by atoms with Crippen molar-refractivity contribution < 1.29 is 14.3 Å². The van der Waals surface area contributed by atoms with E-state index < -0.39 is 11.3 Å². The molecule has 8 heteroatoms. The molecule has 7 nitrogen and oxygen atoms in total. The Hall–Kier alpha value is -1.83. The molecular formula is C20H26BrN3O4. The number of carbonyl (C=O) groups is 2. The minimum Gasteiger partial charge on any atom is -0.444 e. The molecule has 2 aliphatic heterocycles. The summed E-state index contributed by atoms with van der Waals surface area (Å²) < 4.78 is 7.59. The molecule has 0 aromatic carbocycles. The highest BCUT2D eigenvalue weighted by Gasteiger charge is 2.54. The predicted molar refractivity (Wildman–Crippen MR) is 107 cm³/mol. The maximum absolute atomic E-state index is 12.8. The first kappa shape index (κ1) is 19.5. The van der Waals surface area contributed by atoms with Crippen molar-refractivity contribution in [3.05, 3.63) is 32.2 Å². The van der Waals surface area contributed by atoms with E-state index in [9.17, 15) is 14.4 Å². The van der Waals surface area contributed by atoms with E-state index in [0.717, 1.165) is 18.4 Å². The number of aryl methyl sites for hydroxylation is 1. The summed E-state index contributed by atoms with van der Waals surface area (Å²) in [5.74, 6) is -0.179. The van der Waals surface area contributed by atoms with Gasteiger partial charge in [-0.2, -0.15) is 0 Å². The highest BCUT2D eigenvalue weighted by Crippen LogP contribution is 2.50. The molecule has 3 aliphatic rings. The Balaban J connectivity index is 1.51. The lowest BCUT2D eigenvalue weighted by atomic mass is 9.65. The summed E-state index contributed by atoms with van der Waals surface area (Å²) in [5, 5.41) is 3.09. The number of nitrogens with zero attached hydrogens (tertiary/aromatic N) is 2.